The zero-order valence-electron chi connectivity index (χ0n) is 16.3. The van der Waals surface area contributed by atoms with E-state index < -0.39 is 0 Å². The van der Waals surface area contributed by atoms with E-state index >= 15 is 0 Å². The highest BCUT2D eigenvalue weighted by Crippen LogP contribution is 2.31. The van der Waals surface area contributed by atoms with Gasteiger partial charge in [-0.15, -0.1) is 11.3 Å². The van der Waals surface area contributed by atoms with E-state index in [2.05, 4.69) is 56.7 Å². The van der Waals surface area contributed by atoms with Crippen molar-refractivity contribution in [3.63, 3.8) is 0 Å². The fraction of sp³-hybridized carbons (Fsp3) is 0.261. The number of aromatic nitrogens is 2. The van der Waals surface area contributed by atoms with Crippen molar-refractivity contribution in [3.8, 4) is 11.1 Å². The number of halogens is 1. The molecular formula is C23H23FN4S. The normalized spacial score (nSPS) is 18.5. The monoisotopic (exact) mass is 406 g/mol. The second kappa shape index (κ2) is 7.71. The van der Waals surface area contributed by atoms with Crippen molar-refractivity contribution in [2.45, 2.75) is 12.6 Å². The number of piperazine rings is 1. The van der Waals surface area contributed by atoms with Crippen LogP contribution in [0, 0.1) is 5.82 Å². The van der Waals surface area contributed by atoms with Gasteiger partial charge in [-0.3, -0.25) is 10.00 Å². The Morgan fingerprint density at radius 3 is 2.86 bits per heavy atom. The summed E-state index contributed by atoms with van der Waals surface area (Å²) in [7, 11) is 2.16. The summed E-state index contributed by atoms with van der Waals surface area (Å²) in [6.07, 6.45) is 1.82. The van der Waals surface area contributed by atoms with Crippen molar-refractivity contribution in [2.75, 3.05) is 26.7 Å². The summed E-state index contributed by atoms with van der Waals surface area (Å²) < 4.78 is 14.7. The molecule has 2 aromatic heterocycles. The maximum absolute atomic E-state index is 14.7. The molecule has 1 atom stereocenters. The molecule has 29 heavy (non-hydrogen) atoms. The van der Waals surface area contributed by atoms with E-state index in [4.69, 9.17) is 0 Å². The lowest BCUT2D eigenvalue weighted by Gasteiger charge is -2.39. The number of nitrogens with one attached hydrogen (secondary N) is 1. The largest absolute Gasteiger partial charge is 0.303 e. The van der Waals surface area contributed by atoms with Gasteiger partial charge in [0.2, 0.25) is 0 Å². The van der Waals surface area contributed by atoms with Crippen molar-refractivity contribution >= 4 is 22.2 Å². The van der Waals surface area contributed by atoms with Gasteiger partial charge in [0, 0.05) is 42.0 Å². The smallest absolute Gasteiger partial charge is 0.127 e. The molecule has 1 fully saturated rings. The molecule has 1 saturated heterocycles. The maximum Gasteiger partial charge on any atom is 0.127 e. The summed E-state index contributed by atoms with van der Waals surface area (Å²) in [5.74, 6) is -0.137. The first-order valence-electron chi connectivity index (χ1n) is 9.85. The number of hydrogen-bond donors (Lipinski definition) is 1. The Hall–Kier alpha value is -2.54. The standard InChI is InChI=1S/C23H23FN4S/c1-27-8-9-28(22(15-27)23-3-2-10-29-23)14-19-12-16(4-6-20(19)24)17-5-7-21-18(11-17)13-25-26-21/h2-7,10-13,22H,8-9,14-15H2,1H3,(H,25,26)/t22-/m0/s1. The molecule has 148 valence electrons. The first-order valence-corrected chi connectivity index (χ1v) is 10.7. The van der Waals surface area contributed by atoms with E-state index in [1.165, 1.54) is 4.88 Å². The number of nitrogens with zero attached hydrogens (tertiary/aromatic N) is 3. The molecular weight excluding hydrogens is 383 g/mol. The number of likely N-dealkylation sites (N-methyl/N-ethyl adjacent to an activating group) is 1. The van der Waals surface area contributed by atoms with Crippen LogP contribution in [0.1, 0.15) is 16.5 Å². The number of aromatic amines is 1. The van der Waals surface area contributed by atoms with E-state index in [0.29, 0.717) is 12.6 Å². The molecule has 1 aliphatic rings. The summed E-state index contributed by atoms with van der Waals surface area (Å²) >= 11 is 1.78. The molecule has 1 aliphatic heterocycles. The Morgan fingerprint density at radius 1 is 1.14 bits per heavy atom. The molecule has 0 saturated carbocycles. The zero-order valence-corrected chi connectivity index (χ0v) is 17.1. The Kier molecular flexibility index (Phi) is 4.91. The number of fused-ring (bicyclic) bond motifs is 1. The van der Waals surface area contributed by atoms with Crippen LogP contribution in [-0.4, -0.2) is 46.7 Å². The van der Waals surface area contributed by atoms with Gasteiger partial charge >= 0.3 is 0 Å². The highest BCUT2D eigenvalue weighted by Gasteiger charge is 2.28. The van der Waals surface area contributed by atoms with E-state index in [9.17, 15) is 4.39 Å². The van der Waals surface area contributed by atoms with Crippen LogP contribution in [0.25, 0.3) is 22.0 Å². The zero-order chi connectivity index (χ0) is 19.8. The van der Waals surface area contributed by atoms with Gasteiger partial charge in [-0.2, -0.15) is 5.10 Å². The minimum Gasteiger partial charge on any atom is -0.303 e. The third kappa shape index (κ3) is 3.71. The Balaban J connectivity index is 1.45. The van der Waals surface area contributed by atoms with Crippen LogP contribution in [0.2, 0.25) is 0 Å². The topological polar surface area (TPSA) is 35.2 Å². The molecule has 1 N–H and O–H groups in total. The summed E-state index contributed by atoms with van der Waals surface area (Å²) in [6.45, 7) is 3.52. The van der Waals surface area contributed by atoms with Crippen LogP contribution in [0.15, 0.2) is 60.1 Å². The molecule has 2 aromatic carbocycles. The molecule has 0 radical (unpaired) electrons. The van der Waals surface area contributed by atoms with Gasteiger partial charge in [0.15, 0.2) is 0 Å². The van der Waals surface area contributed by atoms with E-state index in [-0.39, 0.29) is 5.82 Å². The second-order valence-corrected chi connectivity index (χ2v) is 8.72. The average Bonchev–Trinajstić information content (AvgIpc) is 3.42. The fourth-order valence-corrected chi connectivity index (χ4v) is 4.97. The predicted octanol–water partition coefficient (Wildman–Crippen LogP) is 4.92. The molecule has 6 heteroatoms. The minimum atomic E-state index is -0.137. The van der Waals surface area contributed by atoms with Crippen molar-refractivity contribution in [1.82, 2.24) is 20.0 Å². The van der Waals surface area contributed by atoms with E-state index in [1.54, 1.807) is 17.4 Å². The molecule has 3 heterocycles. The van der Waals surface area contributed by atoms with Gasteiger partial charge in [-0.05, 0) is 53.9 Å². The van der Waals surface area contributed by atoms with Gasteiger partial charge in [-0.25, -0.2) is 4.39 Å². The van der Waals surface area contributed by atoms with Gasteiger partial charge in [-0.1, -0.05) is 18.2 Å². The molecule has 5 rings (SSSR count). The SMILES string of the molecule is CN1CCN(Cc2cc(-c3ccc4[nH]ncc4c3)ccc2F)[C@H](c2cccs2)C1. The molecule has 0 amide bonds. The van der Waals surface area contributed by atoms with Gasteiger partial charge in [0.05, 0.1) is 17.8 Å². The molecule has 0 spiro atoms. The first-order chi connectivity index (χ1) is 14.2. The Bertz CT molecular complexity index is 1120. The van der Waals surface area contributed by atoms with Crippen LogP contribution in [-0.2, 0) is 6.54 Å². The molecule has 4 nitrogen and oxygen atoms in total. The molecule has 4 aromatic rings. The Labute approximate surface area is 173 Å². The van der Waals surface area contributed by atoms with Crippen LogP contribution in [0.5, 0.6) is 0 Å². The van der Waals surface area contributed by atoms with Crippen LogP contribution in [0.3, 0.4) is 0 Å². The Morgan fingerprint density at radius 2 is 2.00 bits per heavy atom. The summed E-state index contributed by atoms with van der Waals surface area (Å²) in [6, 6.07) is 16.2. The van der Waals surface area contributed by atoms with Crippen molar-refractivity contribution < 1.29 is 4.39 Å². The number of benzene rings is 2. The number of thiophene rings is 1. The second-order valence-electron chi connectivity index (χ2n) is 7.74. The van der Waals surface area contributed by atoms with E-state index in [0.717, 1.165) is 47.2 Å². The molecule has 0 unspecified atom stereocenters. The third-order valence-corrected chi connectivity index (χ3v) is 6.73. The first kappa shape index (κ1) is 18.5. The summed E-state index contributed by atoms with van der Waals surface area (Å²) in [4.78, 5) is 6.11. The number of hydrogen-bond acceptors (Lipinski definition) is 4. The van der Waals surface area contributed by atoms with Crippen LogP contribution >= 0.6 is 11.3 Å². The summed E-state index contributed by atoms with van der Waals surface area (Å²) in [5.41, 5.74) is 3.87. The predicted molar refractivity (Wildman–Crippen MR) is 116 cm³/mol. The van der Waals surface area contributed by atoms with Crippen LogP contribution in [0.4, 0.5) is 4.39 Å². The minimum absolute atomic E-state index is 0.137. The highest BCUT2D eigenvalue weighted by molar-refractivity contribution is 7.10. The van der Waals surface area contributed by atoms with Crippen molar-refractivity contribution in [3.05, 3.63) is 76.4 Å². The molecule has 0 bridgehead atoms. The van der Waals surface area contributed by atoms with Crippen LogP contribution < -0.4 is 0 Å². The van der Waals surface area contributed by atoms with Gasteiger partial charge in [0.25, 0.3) is 0 Å². The molecule has 0 aliphatic carbocycles. The summed E-state index contributed by atoms with van der Waals surface area (Å²) in [5, 5.41) is 10.2. The number of rotatable bonds is 4. The van der Waals surface area contributed by atoms with Crippen molar-refractivity contribution in [2.24, 2.45) is 0 Å². The lowest BCUT2D eigenvalue weighted by molar-refractivity contribution is 0.0844. The van der Waals surface area contributed by atoms with Gasteiger partial charge in [0.1, 0.15) is 5.82 Å². The van der Waals surface area contributed by atoms with Gasteiger partial charge < -0.3 is 4.90 Å². The maximum atomic E-state index is 14.7. The van der Waals surface area contributed by atoms with Crippen molar-refractivity contribution in [1.29, 1.82) is 0 Å². The fourth-order valence-electron chi connectivity index (χ4n) is 4.11. The highest BCUT2D eigenvalue weighted by atomic mass is 32.1. The lowest BCUT2D eigenvalue weighted by Crippen LogP contribution is -2.46. The number of H-pyrrole nitrogens is 1. The van der Waals surface area contributed by atoms with E-state index in [1.807, 2.05) is 24.4 Å². The lowest BCUT2D eigenvalue weighted by atomic mass is 10.0. The quantitative estimate of drug-likeness (QED) is 0.523. The average molecular weight is 407 g/mol. The third-order valence-electron chi connectivity index (χ3n) is 5.76.